The van der Waals surface area contributed by atoms with Crippen LogP contribution in [0.5, 0.6) is 5.75 Å². The molecule has 0 bridgehead atoms. The number of nitrogens with one attached hydrogen (secondary N) is 1. The molecule has 1 N–H and O–H groups in total. The van der Waals surface area contributed by atoms with Gasteiger partial charge in [-0.3, -0.25) is 4.79 Å². The molecule has 2 rings (SSSR count). The average Bonchev–Trinajstić information content (AvgIpc) is 2.57. The fourth-order valence-corrected chi connectivity index (χ4v) is 2.12. The number of carbonyl (C=O) groups is 1. The van der Waals surface area contributed by atoms with Crippen molar-refractivity contribution in [3.8, 4) is 5.75 Å². The molecule has 0 aliphatic heterocycles. The predicted octanol–water partition coefficient (Wildman–Crippen LogP) is 4.66. The van der Waals surface area contributed by atoms with Gasteiger partial charge in [-0.1, -0.05) is 12.1 Å². The maximum Gasteiger partial charge on any atom is 0.416 e. The molecule has 0 heterocycles. The van der Waals surface area contributed by atoms with Crippen molar-refractivity contribution in [3.05, 3.63) is 64.7 Å². The molecular weight excluding hydrogens is 364 g/mol. The second kappa shape index (κ2) is 7.27. The van der Waals surface area contributed by atoms with Crippen LogP contribution in [0.2, 0.25) is 0 Å². The predicted molar refractivity (Wildman–Crippen MR) is 80.6 cm³/mol. The molecular formula is C17H13F6NO2. The van der Waals surface area contributed by atoms with Crippen molar-refractivity contribution in [2.24, 2.45) is 0 Å². The molecule has 0 aromatic heterocycles. The van der Waals surface area contributed by atoms with Crippen LogP contribution in [0.1, 0.15) is 27.0 Å². The van der Waals surface area contributed by atoms with E-state index in [0.717, 1.165) is 0 Å². The second-order valence-electron chi connectivity index (χ2n) is 5.31. The van der Waals surface area contributed by atoms with E-state index in [-0.39, 0.29) is 24.1 Å². The number of ether oxygens (including phenoxy) is 1. The molecule has 0 aliphatic rings. The summed E-state index contributed by atoms with van der Waals surface area (Å²) in [5.74, 6) is -0.956. The van der Waals surface area contributed by atoms with Crippen molar-refractivity contribution in [1.82, 2.24) is 5.32 Å². The molecule has 0 radical (unpaired) electrons. The number of halogens is 6. The van der Waals surface area contributed by atoms with Crippen molar-refractivity contribution >= 4 is 5.91 Å². The minimum absolute atomic E-state index is 0.0269. The molecule has 0 atom stereocenters. The summed E-state index contributed by atoms with van der Waals surface area (Å²) in [5.41, 5.74) is -2.21. The maximum absolute atomic E-state index is 12.8. The van der Waals surface area contributed by atoms with Crippen molar-refractivity contribution < 1.29 is 35.9 Å². The molecule has 26 heavy (non-hydrogen) atoms. The van der Waals surface area contributed by atoms with Crippen LogP contribution < -0.4 is 10.1 Å². The highest BCUT2D eigenvalue weighted by Crippen LogP contribution is 2.38. The lowest BCUT2D eigenvalue weighted by Crippen LogP contribution is -2.17. The minimum atomic E-state index is -4.95. The summed E-state index contributed by atoms with van der Waals surface area (Å²) >= 11 is 0. The Kier molecular flexibility index (Phi) is 5.48. The summed E-state index contributed by atoms with van der Waals surface area (Å²) in [6.45, 7) is -0.302. The third kappa shape index (κ3) is 4.90. The van der Waals surface area contributed by atoms with Gasteiger partial charge in [-0.25, -0.2) is 0 Å². The van der Waals surface area contributed by atoms with Gasteiger partial charge in [0.25, 0.3) is 5.91 Å². The Morgan fingerprint density at radius 3 is 2.04 bits per heavy atom. The zero-order chi connectivity index (χ0) is 19.5. The van der Waals surface area contributed by atoms with Gasteiger partial charge >= 0.3 is 12.4 Å². The molecule has 2 aromatic carbocycles. The van der Waals surface area contributed by atoms with Gasteiger partial charge in [-0.15, -0.1) is 0 Å². The van der Waals surface area contributed by atoms with Crippen LogP contribution in [0.25, 0.3) is 0 Å². The van der Waals surface area contributed by atoms with Gasteiger partial charge in [0.1, 0.15) is 12.4 Å². The molecule has 0 fully saturated rings. The Bertz CT molecular complexity index is 766. The van der Waals surface area contributed by atoms with Crippen LogP contribution >= 0.6 is 0 Å². The Morgan fingerprint density at radius 2 is 1.54 bits per heavy atom. The van der Waals surface area contributed by atoms with Gasteiger partial charge in [0.15, 0.2) is 0 Å². The Labute approximate surface area is 144 Å². The van der Waals surface area contributed by atoms with Crippen LogP contribution in [-0.2, 0) is 19.0 Å². The first-order valence-electron chi connectivity index (χ1n) is 7.24. The lowest BCUT2D eigenvalue weighted by atomic mass is 10.1. The smallest absolute Gasteiger partial charge is 0.416 e. The van der Waals surface area contributed by atoms with Gasteiger partial charge < -0.3 is 10.1 Å². The summed E-state index contributed by atoms with van der Waals surface area (Å²) < 4.78 is 82.0. The first-order valence-corrected chi connectivity index (χ1v) is 7.24. The third-order valence-corrected chi connectivity index (χ3v) is 3.38. The molecule has 0 saturated carbocycles. The van der Waals surface area contributed by atoms with E-state index in [2.05, 4.69) is 5.32 Å². The summed E-state index contributed by atoms with van der Waals surface area (Å²) in [5, 5.41) is 2.40. The van der Waals surface area contributed by atoms with Gasteiger partial charge in [-0.2, -0.15) is 26.3 Å². The first kappa shape index (κ1) is 19.6. The van der Waals surface area contributed by atoms with E-state index in [1.54, 1.807) is 0 Å². The van der Waals surface area contributed by atoms with Crippen molar-refractivity contribution in [1.29, 1.82) is 0 Å². The zero-order valence-corrected chi connectivity index (χ0v) is 13.3. The van der Waals surface area contributed by atoms with E-state index in [1.165, 1.54) is 31.3 Å². The molecule has 2 aromatic rings. The van der Waals surface area contributed by atoms with E-state index in [9.17, 15) is 31.1 Å². The van der Waals surface area contributed by atoms with Crippen LogP contribution in [0.15, 0.2) is 42.5 Å². The number of carbonyl (C=O) groups excluding carboxylic acids is 1. The molecule has 0 saturated heterocycles. The summed E-state index contributed by atoms with van der Waals surface area (Å²) in [4.78, 5) is 11.5. The number of rotatable bonds is 4. The van der Waals surface area contributed by atoms with Crippen LogP contribution in [0.4, 0.5) is 26.3 Å². The van der Waals surface area contributed by atoms with Gasteiger partial charge in [-0.05, 0) is 35.9 Å². The molecule has 0 unspecified atom stereocenters. The van der Waals surface area contributed by atoms with Crippen LogP contribution in [0.3, 0.4) is 0 Å². The SMILES string of the molecule is CNC(=O)c1cccc(COc2cc(C(F)(F)F)cc(C(F)(F)F)c2)c1. The fraction of sp³-hybridized carbons (Fsp3) is 0.235. The highest BCUT2D eigenvalue weighted by atomic mass is 19.4. The third-order valence-electron chi connectivity index (χ3n) is 3.38. The molecule has 1 amide bonds. The molecule has 0 aliphatic carbocycles. The average molecular weight is 377 g/mol. The van der Waals surface area contributed by atoms with E-state index in [4.69, 9.17) is 4.74 Å². The molecule has 9 heteroatoms. The van der Waals surface area contributed by atoms with E-state index >= 15 is 0 Å². The largest absolute Gasteiger partial charge is 0.489 e. The summed E-state index contributed by atoms with van der Waals surface area (Å²) in [6, 6.07) is 7.02. The van der Waals surface area contributed by atoms with Crippen molar-refractivity contribution in [2.45, 2.75) is 19.0 Å². The molecule has 3 nitrogen and oxygen atoms in total. The molecule has 0 spiro atoms. The second-order valence-corrected chi connectivity index (χ2v) is 5.31. The van der Waals surface area contributed by atoms with Gasteiger partial charge in [0.2, 0.25) is 0 Å². The number of alkyl halides is 6. The fourth-order valence-electron chi connectivity index (χ4n) is 2.12. The lowest BCUT2D eigenvalue weighted by Gasteiger charge is -2.15. The number of hydrogen-bond donors (Lipinski definition) is 1. The van der Waals surface area contributed by atoms with Crippen LogP contribution in [-0.4, -0.2) is 13.0 Å². The quantitative estimate of drug-likeness (QED) is 0.787. The molecule has 140 valence electrons. The van der Waals surface area contributed by atoms with Crippen LogP contribution in [0, 0.1) is 0 Å². The number of hydrogen-bond acceptors (Lipinski definition) is 2. The Balaban J connectivity index is 2.28. The summed E-state index contributed by atoms with van der Waals surface area (Å²) in [6.07, 6.45) is -9.89. The Hall–Kier alpha value is -2.71. The standard InChI is InChI=1S/C17H13F6NO2/c1-24-15(25)11-4-2-3-10(5-11)9-26-14-7-12(16(18,19)20)6-13(8-14)17(21,22)23/h2-8H,9H2,1H3,(H,24,25). The first-order chi connectivity index (χ1) is 12.0. The van der Waals surface area contributed by atoms with Gasteiger partial charge in [0.05, 0.1) is 11.1 Å². The monoisotopic (exact) mass is 377 g/mol. The highest BCUT2D eigenvalue weighted by molar-refractivity contribution is 5.94. The lowest BCUT2D eigenvalue weighted by molar-refractivity contribution is -0.143. The van der Waals surface area contributed by atoms with Crippen molar-refractivity contribution in [2.75, 3.05) is 7.05 Å². The maximum atomic E-state index is 12.8. The normalized spacial score (nSPS) is 12.0. The summed E-state index contributed by atoms with van der Waals surface area (Å²) in [7, 11) is 1.42. The zero-order valence-electron chi connectivity index (χ0n) is 13.3. The van der Waals surface area contributed by atoms with E-state index in [0.29, 0.717) is 17.7 Å². The highest BCUT2D eigenvalue weighted by Gasteiger charge is 2.37. The number of benzene rings is 2. The minimum Gasteiger partial charge on any atom is -0.489 e. The van der Waals surface area contributed by atoms with Crippen molar-refractivity contribution in [3.63, 3.8) is 0 Å². The van der Waals surface area contributed by atoms with Gasteiger partial charge in [0, 0.05) is 12.6 Å². The van der Waals surface area contributed by atoms with E-state index < -0.39 is 29.2 Å². The van der Waals surface area contributed by atoms with E-state index in [1.807, 2.05) is 0 Å². The topological polar surface area (TPSA) is 38.3 Å². The Morgan fingerprint density at radius 1 is 0.962 bits per heavy atom. The number of amides is 1.